The van der Waals surface area contributed by atoms with Gasteiger partial charge in [0.1, 0.15) is 6.04 Å². The Bertz CT molecular complexity index is 778. The van der Waals surface area contributed by atoms with Gasteiger partial charge in [-0.25, -0.2) is 0 Å². The summed E-state index contributed by atoms with van der Waals surface area (Å²) in [7, 11) is 0. The third-order valence-corrected chi connectivity index (χ3v) is 5.75. The van der Waals surface area contributed by atoms with Gasteiger partial charge in [0.05, 0.1) is 0 Å². The number of amides is 1. The molecule has 0 aliphatic carbocycles. The monoisotopic (exact) mass is 363 g/mol. The first-order valence-corrected chi connectivity index (χ1v) is 10.2. The molecule has 4 nitrogen and oxygen atoms in total. The van der Waals surface area contributed by atoms with Crippen molar-refractivity contribution in [2.24, 2.45) is 0 Å². The highest BCUT2D eigenvalue weighted by Gasteiger charge is 2.27. The number of hydrogen-bond donors (Lipinski definition) is 1. The largest absolute Gasteiger partial charge is 0.374 e. The standard InChI is InChI=1S/C23H29N3O/c1-18(23(27)26-17-14-19-8-4-5-9-22(19)26)24-20-10-12-21(13-11-20)25-15-6-2-3-7-16-25/h4-5,8-13,18,24H,2-3,6-7,14-17H2,1H3/t18-/m1/s1. The molecule has 142 valence electrons. The molecule has 2 aromatic rings. The summed E-state index contributed by atoms with van der Waals surface area (Å²) in [6, 6.07) is 16.5. The van der Waals surface area contributed by atoms with Gasteiger partial charge in [-0.3, -0.25) is 4.79 Å². The molecule has 1 N–H and O–H groups in total. The van der Waals surface area contributed by atoms with E-state index in [1.807, 2.05) is 30.0 Å². The molecule has 0 unspecified atom stereocenters. The van der Waals surface area contributed by atoms with Crippen LogP contribution in [-0.2, 0) is 11.2 Å². The van der Waals surface area contributed by atoms with Crippen LogP contribution < -0.4 is 15.1 Å². The summed E-state index contributed by atoms with van der Waals surface area (Å²) in [6.45, 7) is 5.02. The Kier molecular flexibility index (Phi) is 5.33. The maximum Gasteiger partial charge on any atom is 0.249 e. The topological polar surface area (TPSA) is 35.6 Å². The van der Waals surface area contributed by atoms with E-state index in [1.54, 1.807) is 0 Å². The van der Waals surface area contributed by atoms with Crippen LogP contribution in [0.2, 0.25) is 0 Å². The highest BCUT2D eigenvalue weighted by atomic mass is 16.2. The van der Waals surface area contributed by atoms with E-state index >= 15 is 0 Å². The van der Waals surface area contributed by atoms with Crippen LogP contribution in [0, 0.1) is 0 Å². The van der Waals surface area contributed by atoms with Gasteiger partial charge in [0.2, 0.25) is 5.91 Å². The fourth-order valence-corrected chi connectivity index (χ4v) is 4.21. The van der Waals surface area contributed by atoms with Crippen LogP contribution in [0.15, 0.2) is 48.5 Å². The lowest BCUT2D eigenvalue weighted by Gasteiger charge is -2.24. The number of nitrogens with zero attached hydrogens (tertiary/aromatic N) is 2. The first-order valence-electron chi connectivity index (χ1n) is 10.2. The smallest absolute Gasteiger partial charge is 0.249 e. The van der Waals surface area contributed by atoms with Crippen LogP contribution in [0.3, 0.4) is 0 Å². The minimum absolute atomic E-state index is 0.136. The van der Waals surface area contributed by atoms with E-state index in [1.165, 1.54) is 36.9 Å². The first kappa shape index (κ1) is 17.9. The molecule has 0 bridgehead atoms. The summed E-state index contributed by atoms with van der Waals surface area (Å²) in [6.07, 6.45) is 6.19. The van der Waals surface area contributed by atoms with Crippen LogP contribution in [0.5, 0.6) is 0 Å². The van der Waals surface area contributed by atoms with Crippen molar-refractivity contribution in [2.45, 2.75) is 45.1 Å². The lowest BCUT2D eigenvalue weighted by atomic mass is 10.2. The molecule has 0 spiro atoms. The van der Waals surface area contributed by atoms with E-state index in [2.05, 4.69) is 40.5 Å². The number of rotatable bonds is 4. The SMILES string of the molecule is C[C@@H](Nc1ccc(N2CCCCCC2)cc1)C(=O)N1CCc2ccccc21. The average Bonchev–Trinajstić information content (AvgIpc) is 2.94. The molecule has 4 rings (SSSR count). The zero-order valence-corrected chi connectivity index (χ0v) is 16.2. The van der Waals surface area contributed by atoms with Crippen molar-refractivity contribution in [1.29, 1.82) is 0 Å². The van der Waals surface area contributed by atoms with Gasteiger partial charge in [-0.05, 0) is 62.1 Å². The Morgan fingerprint density at radius 3 is 2.37 bits per heavy atom. The third-order valence-electron chi connectivity index (χ3n) is 5.75. The quantitative estimate of drug-likeness (QED) is 0.871. The van der Waals surface area contributed by atoms with E-state index in [9.17, 15) is 4.79 Å². The minimum Gasteiger partial charge on any atom is -0.374 e. The van der Waals surface area contributed by atoms with Gasteiger partial charge in [0.15, 0.2) is 0 Å². The normalized spacial score (nSPS) is 18.0. The Morgan fingerprint density at radius 2 is 1.63 bits per heavy atom. The third kappa shape index (κ3) is 3.95. The van der Waals surface area contributed by atoms with Gasteiger partial charge in [-0.15, -0.1) is 0 Å². The molecular weight excluding hydrogens is 334 g/mol. The van der Waals surface area contributed by atoms with Crippen LogP contribution in [-0.4, -0.2) is 31.6 Å². The molecule has 2 aromatic carbocycles. The van der Waals surface area contributed by atoms with Crippen LogP contribution in [0.4, 0.5) is 17.1 Å². The highest BCUT2D eigenvalue weighted by Crippen LogP contribution is 2.28. The molecule has 27 heavy (non-hydrogen) atoms. The van der Waals surface area contributed by atoms with Crippen molar-refractivity contribution in [3.8, 4) is 0 Å². The second-order valence-corrected chi connectivity index (χ2v) is 7.68. The predicted molar refractivity (Wildman–Crippen MR) is 113 cm³/mol. The van der Waals surface area contributed by atoms with Crippen molar-refractivity contribution in [2.75, 3.05) is 34.8 Å². The maximum absolute atomic E-state index is 12.9. The van der Waals surface area contributed by atoms with Crippen molar-refractivity contribution >= 4 is 23.0 Å². The van der Waals surface area contributed by atoms with Crippen molar-refractivity contribution in [1.82, 2.24) is 0 Å². The molecule has 2 heterocycles. The van der Waals surface area contributed by atoms with Gasteiger partial charge in [-0.2, -0.15) is 0 Å². The number of carbonyl (C=O) groups is 1. The predicted octanol–water partition coefficient (Wildman–Crippen LogP) is 4.46. The Labute approximate surface area is 162 Å². The van der Waals surface area contributed by atoms with Gasteiger partial charge >= 0.3 is 0 Å². The average molecular weight is 364 g/mol. The Morgan fingerprint density at radius 1 is 0.926 bits per heavy atom. The number of carbonyl (C=O) groups excluding carboxylic acids is 1. The van der Waals surface area contributed by atoms with E-state index < -0.39 is 0 Å². The number of nitrogens with one attached hydrogen (secondary N) is 1. The summed E-state index contributed by atoms with van der Waals surface area (Å²) >= 11 is 0. The Hall–Kier alpha value is -2.49. The molecular formula is C23H29N3O. The lowest BCUT2D eigenvalue weighted by molar-refractivity contribution is -0.118. The zero-order chi connectivity index (χ0) is 18.6. The highest BCUT2D eigenvalue weighted by molar-refractivity contribution is 6.00. The number of benzene rings is 2. The van der Waals surface area contributed by atoms with Crippen LogP contribution >= 0.6 is 0 Å². The molecule has 0 radical (unpaired) electrons. The molecule has 1 fully saturated rings. The summed E-state index contributed by atoms with van der Waals surface area (Å²) in [5.74, 6) is 0.136. The van der Waals surface area contributed by atoms with Gasteiger partial charge in [0, 0.05) is 36.7 Å². The summed E-state index contributed by atoms with van der Waals surface area (Å²) in [4.78, 5) is 17.3. The molecule has 1 atom stereocenters. The fourth-order valence-electron chi connectivity index (χ4n) is 4.21. The van der Waals surface area contributed by atoms with Gasteiger partial charge in [0.25, 0.3) is 0 Å². The zero-order valence-electron chi connectivity index (χ0n) is 16.2. The molecule has 0 aromatic heterocycles. The Balaban J connectivity index is 1.39. The summed E-state index contributed by atoms with van der Waals surface area (Å²) in [5.41, 5.74) is 4.62. The van der Waals surface area contributed by atoms with Gasteiger partial charge < -0.3 is 15.1 Å². The molecule has 1 saturated heterocycles. The number of hydrogen-bond acceptors (Lipinski definition) is 3. The number of anilines is 3. The van der Waals surface area contributed by atoms with Crippen molar-refractivity contribution in [3.63, 3.8) is 0 Å². The van der Waals surface area contributed by atoms with E-state index in [-0.39, 0.29) is 11.9 Å². The number of fused-ring (bicyclic) bond motifs is 1. The maximum atomic E-state index is 12.9. The van der Waals surface area contributed by atoms with Crippen LogP contribution in [0.25, 0.3) is 0 Å². The van der Waals surface area contributed by atoms with Crippen LogP contribution in [0.1, 0.15) is 38.2 Å². The molecule has 1 amide bonds. The second kappa shape index (κ2) is 8.03. The summed E-state index contributed by atoms with van der Waals surface area (Å²) in [5, 5.41) is 3.38. The molecule has 4 heteroatoms. The molecule has 2 aliphatic rings. The number of para-hydroxylation sites is 1. The van der Waals surface area contributed by atoms with E-state index in [4.69, 9.17) is 0 Å². The minimum atomic E-state index is -0.250. The van der Waals surface area contributed by atoms with Gasteiger partial charge in [-0.1, -0.05) is 31.0 Å². The van der Waals surface area contributed by atoms with Crippen molar-refractivity contribution in [3.05, 3.63) is 54.1 Å². The van der Waals surface area contributed by atoms with E-state index in [0.717, 1.165) is 37.4 Å². The van der Waals surface area contributed by atoms with Crippen molar-refractivity contribution < 1.29 is 4.79 Å². The molecule has 0 saturated carbocycles. The van der Waals surface area contributed by atoms with E-state index in [0.29, 0.717) is 0 Å². The fraction of sp³-hybridized carbons (Fsp3) is 0.435. The first-order chi connectivity index (χ1) is 13.2. The second-order valence-electron chi connectivity index (χ2n) is 7.68. The molecule has 2 aliphatic heterocycles. The lowest BCUT2D eigenvalue weighted by Crippen LogP contribution is -2.40. The summed E-state index contributed by atoms with van der Waals surface area (Å²) < 4.78 is 0.